The van der Waals surface area contributed by atoms with Gasteiger partial charge in [-0.1, -0.05) is 53.5 Å². The van der Waals surface area contributed by atoms with Crippen molar-refractivity contribution in [2.24, 2.45) is 4.99 Å². The van der Waals surface area contributed by atoms with Crippen LogP contribution in [0.25, 0.3) is 16.9 Å². The Kier molecular flexibility index (Phi) is 5.57. The zero-order chi connectivity index (χ0) is 21.3. The lowest BCUT2D eigenvalue weighted by Crippen LogP contribution is -2.19. The summed E-state index contributed by atoms with van der Waals surface area (Å²) in [6, 6.07) is 20.1. The van der Waals surface area contributed by atoms with Crippen LogP contribution in [0, 0.1) is 5.82 Å². The number of halogens is 3. The zero-order valence-corrected chi connectivity index (χ0v) is 17.4. The molecule has 1 N–H and O–H groups in total. The molecule has 0 spiro atoms. The maximum Gasteiger partial charge on any atom is 0.280 e. The molecule has 0 saturated heterocycles. The SMILES string of the molecule is CC(=Nc1cc(Cl)cc(Cl)c1)c1c(-c2ccccc2)[nH]n(-c2ccc(F)cc2)c1=O. The molecule has 3 aromatic carbocycles. The van der Waals surface area contributed by atoms with Gasteiger partial charge in [0.05, 0.1) is 28.3 Å². The van der Waals surface area contributed by atoms with Gasteiger partial charge in [0.15, 0.2) is 0 Å². The monoisotopic (exact) mass is 439 g/mol. The molecule has 0 aliphatic rings. The average molecular weight is 440 g/mol. The molecule has 1 heterocycles. The second kappa shape index (κ2) is 8.30. The third kappa shape index (κ3) is 4.08. The number of nitrogens with one attached hydrogen (secondary N) is 1. The number of benzene rings is 3. The van der Waals surface area contributed by atoms with Crippen molar-refractivity contribution < 1.29 is 4.39 Å². The van der Waals surface area contributed by atoms with Gasteiger partial charge in [-0.25, -0.2) is 9.07 Å². The van der Waals surface area contributed by atoms with E-state index in [9.17, 15) is 9.18 Å². The Morgan fingerprint density at radius 1 is 0.967 bits per heavy atom. The van der Waals surface area contributed by atoms with E-state index < -0.39 is 0 Å². The second-order valence-corrected chi connectivity index (χ2v) is 7.54. The van der Waals surface area contributed by atoms with Crippen LogP contribution in [0.3, 0.4) is 0 Å². The Balaban J connectivity index is 1.92. The molecule has 4 aromatic rings. The zero-order valence-electron chi connectivity index (χ0n) is 15.9. The molecule has 1 aromatic heterocycles. The predicted octanol–water partition coefficient (Wildman–Crippen LogP) is 6.42. The fourth-order valence-electron chi connectivity index (χ4n) is 3.21. The van der Waals surface area contributed by atoms with Crippen LogP contribution in [0.5, 0.6) is 0 Å². The van der Waals surface area contributed by atoms with Gasteiger partial charge < -0.3 is 0 Å². The summed E-state index contributed by atoms with van der Waals surface area (Å²) in [5.41, 5.74) is 3.09. The van der Waals surface area contributed by atoms with E-state index in [1.165, 1.54) is 28.9 Å². The minimum Gasteiger partial charge on any atom is -0.290 e. The van der Waals surface area contributed by atoms with E-state index in [1.807, 2.05) is 30.3 Å². The Morgan fingerprint density at radius 3 is 2.23 bits per heavy atom. The van der Waals surface area contributed by atoms with E-state index in [0.717, 1.165) is 5.56 Å². The number of hydrogen-bond acceptors (Lipinski definition) is 2. The van der Waals surface area contributed by atoms with Crippen molar-refractivity contribution in [3.8, 4) is 16.9 Å². The van der Waals surface area contributed by atoms with Gasteiger partial charge in [-0.05, 0) is 49.4 Å². The maximum absolute atomic E-state index is 13.3. The van der Waals surface area contributed by atoms with E-state index in [1.54, 1.807) is 25.1 Å². The molecule has 0 radical (unpaired) electrons. The lowest BCUT2D eigenvalue weighted by Gasteiger charge is -2.04. The topological polar surface area (TPSA) is 50.1 Å². The van der Waals surface area contributed by atoms with Gasteiger partial charge in [0, 0.05) is 15.6 Å². The standard InChI is InChI=1S/C23H16Cl2FN3O/c1-14(27-19-12-16(24)11-17(25)13-19)21-22(15-5-3-2-4-6-15)28-29(23(21)30)20-9-7-18(26)8-10-20/h2-13,28H,1H3. The summed E-state index contributed by atoms with van der Waals surface area (Å²) >= 11 is 12.2. The maximum atomic E-state index is 13.3. The summed E-state index contributed by atoms with van der Waals surface area (Å²) in [4.78, 5) is 17.9. The minimum absolute atomic E-state index is 0.296. The Labute approximate surface area is 182 Å². The first-order chi connectivity index (χ1) is 14.4. The van der Waals surface area contributed by atoms with Gasteiger partial charge in [0.25, 0.3) is 5.56 Å². The summed E-state index contributed by atoms with van der Waals surface area (Å²) in [5.74, 6) is -0.377. The van der Waals surface area contributed by atoms with Crippen molar-refractivity contribution in [3.05, 3.63) is 105 Å². The molecule has 0 amide bonds. The number of hydrogen-bond donors (Lipinski definition) is 1. The van der Waals surface area contributed by atoms with Crippen molar-refractivity contribution in [1.29, 1.82) is 0 Å². The average Bonchev–Trinajstić information content (AvgIpc) is 3.06. The van der Waals surface area contributed by atoms with E-state index in [2.05, 4.69) is 10.1 Å². The van der Waals surface area contributed by atoms with Crippen molar-refractivity contribution in [2.75, 3.05) is 0 Å². The molecule has 0 unspecified atom stereocenters. The van der Waals surface area contributed by atoms with Crippen LogP contribution >= 0.6 is 23.2 Å². The Hall–Kier alpha value is -3.15. The molecule has 0 fully saturated rings. The highest BCUT2D eigenvalue weighted by Crippen LogP contribution is 2.27. The molecule has 150 valence electrons. The van der Waals surface area contributed by atoms with Crippen molar-refractivity contribution in [3.63, 3.8) is 0 Å². The largest absolute Gasteiger partial charge is 0.290 e. The summed E-state index contributed by atoms with van der Waals surface area (Å²) in [6.45, 7) is 1.75. The van der Waals surface area contributed by atoms with Crippen LogP contribution in [-0.4, -0.2) is 15.5 Å². The summed E-state index contributed by atoms with van der Waals surface area (Å²) in [7, 11) is 0. The number of nitrogens with zero attached hydrogens (tertiary/aromatic N) is 2. The van der Waals surface area contributed by atoms with Crippen molar-refractivity contribution in [1.82, 2.24) is 9.78 Å². The highest BCUT2D eigenvalue weighted by Gasteiger charge is 2.19. The third-order valence-corrected chi connectivity index (χ3v) is 4.98. The van der Waals surface area contributed by atoms with Crippen LogP contribution < -0.4 is 5.56 Å². The van der Waals surface area contributed by atoms with Gasteiger partial charge in [0.1, 0.15) is 5.82 Å². The highest BCUT2D eigenvalue weighted by atomic mass is 35.5. The number of aromatic amines is 1. The lowest BCUT2D eigenvalue weighted by molar-refractivity contribution is 0.627. The Morgan fingerprint density at radius 2 is 1.60 bits per heavy atom. The molecule has 0 aliphatic heterocycles. The number of rotatable bonds is 4. The van der Waals surface area contributed by atoms with Crippen LogP contribution in [0.1, 0.15) is 12.5 Å². The van der Waals surface area contributed by atoms with Gasteiger partial charge in [-0.15, -0.1) is 0 Å². The van der Waals surface area contributed by atoms with Crippen LogP contribution in [0.15, 0.2) is 82.6 Å². The van der Waals surface area contributed by atoms with E-state index in [-0.39, 0.29) is 11.4 Å². The first-order valence-corrected chi connectivity index (χ1v) is 9.86. The Bertz CT molecular complexity index is 1270. The molecule has 7 heteroatoms. The summed E-state index contributed by atoms with van der Waals surface area (Å²) in [5, 5.41) is 4.05. The third-order valence-electron chi connectivity index (χ3n) is 4.54. The van der Waals surface area contributed by atoms with Gasteiger partial charge in [0.2, 0.25) is 0 Å². The summed E-state index contributed by atoms with van der Waals surface area (Å²) in [6.07, 6.45) is 0. The smallest absolute Gasteiger partial charge is 0.280 e. The molecule has 30 heavy (non-hydrogen) atoms. The van der Waals surface area contributed by atoms with Gasteiger partial charge >= 0.3 is 0 Å². The van der Waals surface area contributed by atoms with Crippen LogP contribution in [0.4, 0.5) is 10.1 Å². The number of aromatic nitrogens is 2. The van der Waals surface area contributed by atoms with E-state index >= 15 is 0 Å². The molecular formula is C23H16Cl2FN3O. The number of aliphatic imine (C=N–C) groups is 1. The van der Waals surface area contributed by atoms with Crippen LogP contribution in [0.2, 0.25) is 10.0 Å². The van der Waals surface area contributed by atoms with E-state index in [4.69, 9.17) is 23.2 Å². The molecular weight excluding hydrogens is 424 g/mol. The van der Waals surface area contributed by atoms with Crippen molar-refractivity contribution in [2.45, 2.75) is 6.92 Å². The second-order valence-electron chi connectivity index (χ2n) is 6.67. The predicted molar refractivity (Wildman–Crippen MR) is 120 cm³/mol. The van der Waals surface area contributed by atoms with Gasteiger partial charge in [-0.3, -0.25) is 14.9 Å². The lowest BCUT2D eigenvalue weighted by atomic mass is 10.1. The number of H-pyrrole nitrogens is 1. The summed E-state index contributed by atoms with van der Waals surface area (Å²) < 4.78 is 14.7. The van der Waals surface area contributed by atoms with Crippen molar-refractivity contribution >= 4 is 34.6 Å². The molecule has 0 saturated carbocycles. The molecule has 4 rings (SSSR count). The molecule has 0 atom stereocenters. The normalized spacial score (nSPS) is 11.7. The quantitative estimate of drug-likeness (QED) is 0.366. The first kappa shape index (κ1) is 20.1. The molecule has 0 bridgehead atoms. The first-order valence-electron chi connectivity index (χ1n) is 9.10. The highest BCUT2D eigenvalue weighted by molar-refractivity contribution is 6.35. The minimum atomic E-state index is -0.377. The fourth-order valence-corrected chi connectivity index (χ4v) is 3.73. The molecule has 0 aliphatic carbocycles. The van der Waals surface area contributed by atoms with Gasteiger partial charge in [-0.2, -0.15) is 0 Å². The van der Waals surface area contributed by atoms with Crippen LogP contribution in [-0.2, 0) is 0 Å². The fraction of sp³-hybridized carbons (Fsp3) is 0.0435. The van der Waals surface area contributed by atoms with E-state index in [0.29, 0.717) is 38.4 Å². The molecule has 4 nitrogen and oxygen atoms in total.